The van der Waals surface area contributed by atoms with Crippen LogP contribution in [0.4, 0.5) is 11.6 Å². The van der Waals surface area contributed by atoms with E-state index in [1.54, 1.807) is 23.9 Å². The van der Waals surface area contributed by atoms with Crippen LogP contribution in [0.2, 0.25) is 5.02 Å². The summed E-state index contributed by atoms with van der Waals surface area (Å²) in [6.45, 7) is 6.80. The van der Waals surface area contributed by atoms with E-state index >= 15 is 0 Å². The Morgan fingerprint density at radius 3 is 2.64 bits per heavy atom. The molecule has 1 amide bonds. The number of anilines is 2. The zero-order valence-corrected chi connectivity index (χ0v) is 28.0. The molecule has 0 bridgehead atoms. The Balaban J connectivity index is 1.58. The van der Waals surface area contributed by atoms with Gasteiger partial charge >= 0.3 is 0 Å². The summed E-state index contributed by atoms with van der Waals surface area (Å²) in [5, 5.41) is 12.4. The molecule has 0 aliphatic carbocycles. The van der Waals surface area contributed by atoms with Gasteiger partial charge in [-0.05, 0) is 77.7 Å². The summed E-state index contributed by atoms with van der Waals surface area (Å²) in [6, 6.07) is 18.2. The SMILES string of the molecule is CCCOc1c(Br)cc(C2C(C(=O)Nc3ccccc3OC)=C(C)Nc3nc(SCc4ccccc4Cl)nn32)cc1OCC. The number of carbonyl (C=O) groups excluding carboxylic acids is 1. The average molecular weight is 699 g/mol. The third kappa shape index (κ3) is 6.85. The predicted octanol–water partition coefficient (Wildman–Crippen LogP) is 8.11. The number of amides is 1. The number of benzene rings is 3. The lowest BCUT2D eigenvalue weighted by atomic mass is 9.94. The van der Waals surface area contributed by atoms with Crippen molar-refractivity contribution >= 4 is 56.8 Å². The van der Waals surface area contributed by atoms with Crippen LogP contribution in [-0.2, 0) is 10.5 Å². The molecule has 12 heteroatoms. The van der Waals surface area contributed by atoms with Gasteiger partial charge in [0.15, 0.2) is 11.5 Å². The normalized spacial score (nSPS) is 14.1. The van der Waals surface area contributed by atoms with Gasteiger partial charge in [-0.15, -0.1) is 5.10 Å². The molecule has 2 heterocycles. The molecule has 230 valence electrons. The zero-order chi connectivity index (χ0) is 31.2. The summed E-state index contributed by atoms with van der Waals surface area (Å²) in [5.41, 5.74) is 3.41. The van der Waals surface area contributed by atoms with Crippen LogP contribution in [-0.4, -0.2) is 41.0 Å². The number of aromatic nitrogens is 3. The van der Waals surface area contributed by atoms with E-state index in [1.165, 1.54) is 11.8 Å². The molecule has 1 aromatic heterocycles. The molecular weight excluding hydrogens is 666 g/mol. The number of thioether (sulfide) groups is 1. The van der Waals surface area contributed by atoms with E-state index in [1.807, 2.05) is 69.3 Å². The topological polar surface area (TPSA) is 99.5 Å². The summed E-state index contributed by atoms with van der Waals surface area (Å²) < 4.78 is 20.0. The third-order valence-corrected chi connectivity index (χ3v) is 8.69. The minimum Gasteiger partial charge on any atom is -0.495 e. The Morgan fingerprint density at radius 1 is 1.11 bits per heavy atom. The number of ether oxygens (including phenoxy) is 3. The van der Waals surface area contributed by atoms with E-state index < -0.39 is 6.04 Å². The number of carbonyl (C=O) groups is 1. The minimum absolute atomic E-state index is 0.309. The van der Waals surface area contributed by atoms with Gasteiger partial charge in [0.1, 0.15) is 11.8 Å². The number of hydrogen-bond acceptors (Lipinski definition) is 8. The van der Waals surface area contributed by atoms with Crippen molar-refractivity contribution < 1.29 is 19.0 Å². The van der Waals surface area contributed by atoms with Crippen molar-refractivity contribution in [1.82, 2.24) is 14.8 Å². The smallest absolute Gasteiger partial charge is 0.255 e. The van der Waals surface area contributed by atoms with Gasteiger partial charge in [0.2, 0.25) is 11.1 Å². The number of para-hydroxylation sites is 2. The van der Waals surface area contributed by atoms with E-state index in [-0.39, 0.29) is 5.91 Å². The molecule has 4 aromatic rings. The maximum absolute atomic E-state index is 14.1. The first-order valence-electron chi connectivity index (χ1n) is 14.2. The predicted molar refractivity (Wildman–Crippen MR) is 178 cm³/mol. The number of nitrogens with one attached hydrogen (secondary N) is 2. The molecule has 3 aromatic carbocycles. The van der Waals surface area contributed by atoms with Crippen LogP contribution >= 0.6 is 39.3 Å². The Bertz CT molecular complexity index is 1700. The molecule has 0 spiro atoms. The highest BCUT2D eigenvalue weighted by molar-refractivity contribution is 9.10. The van der Waals surface area contributed by atoms with Crippen molar-refractivity contribution in [3.8, 4) is 17.2 Å². The fourth-order valence-electron chi connectivity index (χ4n) is 4.84. The van der Waals surface area contributed by atoms with Crippen molar-refractivity contribution in [3.63, 3.8) is 0 Å². The lowest BCUT2D eigenvalue weighted by Gasteiger charge is -2.29. The van der Waals surface area contributed by atoms with Gasteiger partial charge in [-0.1, -0.05) is 60.6 Å². The summed E-state index contributed by atoms with van der Waals surface area (Å²) in [4.78, 5) is 18.9. The molecule has 1 aliphatic heterocycles. The maximum atomic E-state index is 14.1. The first-order valence-corrected chi connectivity index (χ1v) is 16.3. The minimum atomic E-state index is -0.640. The van der Waals surface area contributed by atoms with Gasteiger partial charge in [-0.25, -0.2) is 4.68 Å². The summed E-state index contributed by atoms with van der Waals surface area (Å²) in [7, 11) is 1.57. The summed E-state index contributed by atoms with van der Waals surface area (Å²) in [6.07, 6.45) is 0.847. The number of fused-ring (bicyclic) bond motifs is 1. The molecule has 2 N–H and O–H groups in total. The Morgan fingerprint density at radius 2 is 1.89 bits per heavy atom. The van der Waals surface area contributed by atoms with E-state index in [0.717, 1.165) is 17.5 Å². The van der Waals surface area contributed by atoms with Gasteiger partial charge in [0.05, 0.1) is 36.1 Å². The number of rotatable bonds is 12. The van der Waals surface area contributed by atoms with E-state index in [4.69, 9.17) is 35.9 Å². The Kier molecular flexibility index (Phi) is 10.4. The van der Waals surface area contributed by atoms with Crippen molar-refractivity contribution in [3.05, 3.63) is 92.6 Å². The van der Waals surface area contributed by atoms with Crippen LogP contribution in [0, 0.1) is 0 Å². The van der Waals surface area contributed by atoms with Crippen molar-refractivity contribution in [2.75, 3.05) is 31.0 Å². The second-order valence-electron chi connectivity index (χ2n) is 9.87. The first kappa shape index (κ1) is 31.7. The molecule has 0 fully saturated rings. The highest BCUT2D eigenvalue weighted by atomic mass is 79.9. The zero-order valence-electron chi connectivity index (χ0n) is 24.8. The standard InChI is InChI=1S/C32H33BrClN5O4S/c1-5-15-43-29-22(33)16-21(17-26(29)42-6-2)28-27(30(40)36-24-13-9-10-14-25(24)41-4)19(3)35-31-37-32(38-39(28)31)44-18-20-11-7-8-12-23(20)34/h7-14,16-17,28H,5-6,15,18H2,1-4H3,(H,36,40)(H,35,37,38). The van der Waals surface area contributed by atoms with E-state index in [0.29, 0.717) is 73.8 Å². The fourth-order valence-corrected chi connectivity index (χ4v) is 6.53. The first-order chi connectivity index (χ1) is 21.3. The molecule has 5 rings (SSSR count). The molecule has 1 atom stereocenters. The molecule has 1 aliphatic rings. The molecule has 0 radical (unpaired) electrons. The van der Waals surface area contributed by atoms with E-state index in [2.05, 4.69) is 26.6 Å². The molecule has 1 unspecified atom stereocenters. The maximum Gasteiger partial charge on any atom is 0.255 e. The number of methoxy groups -OCH3 is 1. The number of halogens is 2. The highest BCUT2D eigenvalue weighted by Gasteiger charge is 2.36. The third-order valence-electron chi connectivity index (χ3n) is 6.85. The van der Waals surface area contributed by atoms with Crippen LogP contribution in [0.3, 0.4) is 0 Å². The Labute approximate surface area is 274 Å². The van der Waals surface area contributed by atoms with Gasteiger partial charge in [0.25, 0.3) is 5.91 Å². The van der Waals surface area contributed by atoms with Gasteiger partial charge in [-0.3, -0.25) is 4.79 Å². The van der Waals surface area contributed by atoms with Gasteiger partial charge in [-0.2, -0.15) is 4.98 Å². The summed E-state index contributed by atoms with van der Waals surface area (Å²) >= 11 is 11.6. The van der Waals surface area contributed by atoms with Crippen LogP contribution in [0.15, 0.2) is 81.6 Å². The molecule has 9 nitrogen and oxygen atoms in total. The lowest BCUT2D eigenvalue weighted by molar-refractivity contribution is -0.113. The lowest BCUT2D eigenvalue weighted by Crippen LogP contribution is -2.31. The molecule has 0 saturated heterocycles. The second-order valence-corrected chi connectivity index (χ2v) is 12.1. The highest BCUT2D eigenvalue weighted by Crippen LogP contribution is 2.44. The van der Waals surface area contributed by atoms with Crippen LogP contribution in [0.1, 0.15) is 44.4 Å². The fraction of sp³-hybridized carbons (Fsp3) is 0.281. The van der Waals surface area contributed by atoms with Crippen molar-refractivity contribution in [2.24, 2.45) is 0 Å². The van der Waals surface area contributed by atoms with Crippen LogP contribution in [0.25, 0.3) is 0 Å². The van der Waals surface area contributed by atoms with E-state index in [9.17, 15) is 4.79 Å². The average Bonchev–Trinajstić information content (AvgIpc) is 3.42. The van der Waals surface area contributed by atoms with Crippen LogP contribution < -0.4 is 24.8 Å². The number of nitrogens with zero attached hydrogens (tertiary/aromatic N) is 3. The largest absolute Gasteiger partial charge is 0.495 e. The molecule has 44 heavy (non-hydrogen) atoms. The van der Waals surface area contributed by atoms with Gasteiger partial charge < -0.3 is 24.8 Å². The number of allylic oxidation sites excluding steroid dienone is 1. The quantitative estimate of drug-likeness (QED) is 0.143. The molecule has 0 saturated carbocycles. The van der Waals surface area contributed by atoms with Gasteiger partial charge in [0, 0.05) is 16.5 Å². The van der Waals surface area contributed by atoms with Crippen LogP contribution in [0.5, 0.6) is 17.2 Å². The monoisotopic (exact) mass is 697 g/mol. The van der Waals surface area contributed by atoms with Crippen molar-refractivity contribution in [2.45, 2.75) is 44.1 Å². The Hall–Kier alpha value is -3.67. The summed E-state index contributed by atoms with van der Waals surface area (Å²) in [5.74, 6) is 2.53. The second kappa shape index (κ2) is 14.4. The number of hydrogen-bond donors (Lipinski definition) is 2. The van der Waals surface area contributed by atoms with Crippen molar-refractivity contribution in [1.29, 1.82) is 0 Å². The molecular formula is C32H33BrClN5O4S.